The van der Waals surface area contributed by atoms with Crippen LogP contribution in [0.15, 0.2) is 24.3 Å². The second-order valence-corrected chi connectivity index (χ2v) is 7.71. The first-order chi connectivity index (χ1) is 10.8. The summed E-state index contributed by atoms with van der Waals surface area (Å²) in [4.78, 5) is 12.6. The maximum absolute atomic E-state index is 12.6. The number of fused-ring (bicyclic) bond motifs is 1. The Labute approximate surface area is 143 Å². The van der Waals surface area contributed by atoms with E-state index < -0.39 is 0 Å². The second-order valence-electron chi connectivity index (χ2n) is 6.36. The Morgan fingerprint density at radius 2 is 1.96 bits per heavy atom. The molecule has 0 spiro atoms. The molecule has 3 rings (SSSR count). The molecular formula is C16H17ClN4OS. The molecule has 2 heterocycles. The molecule has 1 N–H and O–H groups in total. The Balaban J connectivity index is 1.94. The lowest BCUT2D eigenvalue weighted by Crippen LogP contribution is -2.16. The van der Waals surface area contributed by atoms with E-state index in [0.29, 0.717) is 15.8 Å². The van der Waals surface area contributed by atoms with Gasteiger partial charge in [0.25, 0.3) is 5.91 Å². The summed E-state index contributed by atoms with van der Waals surface area (Å²) in [6.07, 6.45) is 0. The Kier molecular flexibility index (Phi) is 3.90. The van der Waals surface area contributed by atoms with Gasteiger partial charge in [-0.05, 0) is 6.07 Å². The maximum atomic E-state index is 12.6. The summed E-state index contributed by atoms with van der Waals surface area (Å²) in [5.41, 5.74) is 1.23. The monoisotopic (exact) mass is 348 g/mol. The third kappa shape index (κ3) is 2.84. The van der Waals surface area contributed by atoms with Crippen molar-refractivity contribution in [1.82, 2.24) is 14.8 Å². The largest absolute Gasteiger partial charge is 0.338 e. The normalized spacial score (nSPS) is 11.9. The number of carbonyl (C=O) groups is 1. The highest BCUT2D eigenvalue weighted by Crippen LogP contribution is 2.31. The summed E-state index contributed by atoms with van der Waals surface area (Å²) < 4.78 is 1.79. The van der Waals surface area contributed by atoms with E-state index in [9.17, 15) is 4.79 Å². The third-order valence-electron chi connectivity index (χ3n) is 3.55. The molecular weight excluding hydrogens is 332 g/mol. The van der Waals surface area contributed by atoms with E-state index in [1.165, 1.54) is 11.3 Å². The quantitative estimate of drug-likeness (QED) is 0.753. The van der Waals surface area contributed by atoms with Crippen LogP contribution in [0.4, 0.5) is 5.13 Å². The van der Waals surface area contributed by atoms with Crippen LogP contribution in [-0.4, -0.2) is 20.7 Å². The van der Waals surface area contributed by atoms with Gasteiger partial charge in [-0.3, -0.25) is 10.1 Å². The highest BCUT2D eigenvalue weighted by atomic mass is 35.5. The number of para-hydroxylation sites is 1. The summed E-state index contributed by atoms with van der Waals surface area (Å²) in [6.45, 7) is 6.17. The number of rotatable bonds is 2. The fourth-order valence-corrected chi connectivity index (χ4v) is 3.50. The van der Waals surface area contributed by atoms with E-state index in [0.717, 1.165) is 15.9 Å². The number of amides is 1. The van der Waals surface area contributed by atoms with Gasteiger partial charge in [0.05, 0.1) is 5.02 Å². The van der Waals surface area contributed by atoms with Gasteiger partial charge in [0.15, 0.2) is 0 Å². The number of aromatic nitrogens is 3. The fourth-order valence-electron chi connectivity index (χ4n) is 2.33. The van der Waals surface area contributed by atoms with Gasteiger partial charge in [0.1, 0.15) is 10.7 Å². The Bertz CT molecular complexity index is 852. The molecule has 5 nitrogen and oxygen atoms in total. The van der Waals surface area contributed by atoms with Crippen molar-refractivity contribution in [2.45, 2.75) is 26.2 Å². The SMILES string of the molecule is Cn1c(C(=O)Nc2nnc(C(C)(C)C)s2)c(Cl)c2ccccc21. The predicted octanol–water partition coefficient (Wildman–Crippen LogP) is 4.23. The van der Waals surface area contributed by atoms with E-state index in [1.807, 2.05) is 31.3 Å². The number of hydrogen-bond acceptors (Lipinski definition) is 4. The molecule has 0 saturated heterocycles. The molecule has 7 heteroatoms. The molecule has 23 heavy (non-hydrogen) atoms. The highest BCUT2D eigenvalue weighted by Gasteiger charge is 2.23. The molecule has 0 aliphatic rings. The third-order valence-corrected chi connectivity index (χ3v) is 5.19. The molecule has 0 aliphatic heterocycles. The van der Waals surface area contributed by atoms with Crippen LogP contribution in [0.2, 0.25) is 5.02 Å². The van der Waals surface area contributed by atoms with Gasteiger partial charge in [-0.25, -0.2) is 0 Å². The average molecular weight is 349 g/mol. The molecule has 3 aromatic rings. The minimum Gasteiger partial charge on any atom is -0.338 e. The highest BCUT2D eigenvalue weighted by molar-refractivity contribution is 7.15. The summed E-state index contributed by atoms with van der Waals surface area (Å²) in [7, 11) is 1.82. The zero-order chi connectivity index (χ0) is 16.8. The Morgan fingerprint density at radius 1 is 1.26 bits per heavy atom. The number of halogens is 1. The molecule has 1 amide bonds. The number of nitrogens with zero attached hydrogens (tertiary/aromatic N) is 3. The van der Waals surface area contributed by atoms with Crippen LogP contribution in [0.3, 0.4) is 0 Å². The number of benzene rings is 1. The zero-order valence-corrected chi connectivity index (χ0v) is 14.9. The first kappa shape index (κ1) is 16.0. The summed E-state index contributed by atoms with van der Waals surface area (Å²) in [6, 6.07) is 7.65. The Hall–Kier alpha value is -1.92. The summed E-state index contributed by atoms with van der Waals surface area (Å²) in [5, 5.41) is 13.6. The molecule has 0 unspecified atom stereocenters. The molecule has 2 aromatic heterocycles. The van der Waals surface area contributed by atoms with Crippen LogP contribution in [0.5, 0.6) is 0 Å². The Morgan fingerprint density at radius 3 is 2.57 bits per heavy atom. The van der Waals surface area contributed by atoms with Crippen LogP contribution in [0.1, 0.15) is 36.3 Å². The molecule has 0 bridgehead atoms. The maximum Gasteiger partial charge on any atom is 0.275 e. The summed E-state index contributed by atoms with van der Waals surface area (Å²) in [5.74, 6) is -0.287. The van der Waals surface area contributed by atoms with E-state index >= 15 is 0 Å². The van der Waals surface area contributed by atoms with Gasteiger partial charge in [-0.2, -0.15) is 0 Å². The fraction of sp³-hybridized carbons (Fsp3) is 0.312. The van der Waals surface area contributed by atoms with Crippen LogP contribution in [0.25, 0.3) is 10.9 Å². The second kappa shape index (κ2) is 5.62. The van der Waals surface area contributed by atoms with Crippen molar-refractivity contribution in [1.29, 1.82) is 0 Å². The van der Waals surface area contributed by atoms with Crippen molar-refractivity contribution in [3.63, 3.8) is 0 Å². The van der Waals surface area contributed by atoms with Crippen LogP contribution in [-0.2, 0) is 12.5 Å². The minimum absolute atomic E-state index is 0.0993. The van der Waals surface area contributed by atoms with E-state index in [4.69, 9.17) is 11.6 Å². The first-order valence-corrected chi connectivity index (χ1v) is 8.36. The molecule has 0 fully saturated rings. The van der Waals surface area contributed by atoms with Crippen LogP contribution in [0, 0.1) is 0 Å². The zero-order valence-electron chi connectivity index (χ0n) is 13.3. The average Bonchev–Trinajstić information content (AvgIpc) is 3.04. The molecule has 0 atom stereocenters. The van der Waals surface area contributed by atoms with Crippen LogP contribution >= 0.6 is 22.9 Å². The van der Waals surface area contributed by atoms with Crippen molar-refractivity contribution in [3.05, 3.63) is 40.0 Å². The molecule has 0 radical (unpaired) electrons. The topological polar surface area (TPSA) is 59.8 Å². The predicted molar refractivity (Wildman–Crippen MR) is 94.5 cm³/mol. The number of aryl methyl sites for hydroxylation is 1. The van der Waals surface area contributed by atoms with Crippen molar-refractivity contribution < 1.29 is 4.79 Å². The lowest BCUT2D eigenvalue weighted by atomic mass is 9.98. The van der Waals surface area contributed by atoms with E-state index in [2.05, 4.69) is 36.3 Å². The van der Waals surface area contributed by atoms with Crippen molar-refractivity contribution in [2.75, 3.05) is 5.32 Å². The molecule has 1 aromatic carbocycles. The van der Waals surface area contributed by atoms with Crippen molar-refractivity contribution in [2.24, 2.45) is 7.05 Å². The molecule has 0 aliphatic carbocycles. The number of anilines is 1. The molecule has 0 saturated carbocycles. The van der Waals surface area contributed by atoms with Crippen LogP contribution < -0.4 is 5.32 Å². The number of nitrogens with one attached hydrogen (secondary N) is 1. The number of carbonyl (C=O) groups excluding carboxylic acids is 1. The standard InChI is InChI=1S/C16H17ClN4OS/c1-16(2,3)14-19-20-15(23-14)18-13(22)12-11(17)9-7-5-6-8-10(9)21(12)4/h5-8H,1-4H3,(H,18,20,22). The van der Waals surface area contributed by atoms with Gasteiger partial charge in [-0.1, -0.05) is 61.9 Å². The molecule has 120 valence electrons. The van der Waals surface area contributed by atoms with Crippen molar-refractivity contribution >= 4 is 44.9 Å². The van der Waals surface area contributed by atoms with E-state index in [-0.39, 0.29) is 11.3 Å². The van der Waals surface area contributed by atoms with Crippen molar-refractivity contribution in [3.8, 4) is 0 Å². The minimum atomic E-state index is -0.287. The van der Waals surface area contributed by atoms with E-state index in [1.54, 1.807) is 4.57 Å². The lowest BCUT2D eigenvalue weighted by molar-refractivity contribution is 0.102. The first-order valence-electron chi connectivity index (χ1n) is 7.17. The van der Waals surface area contributed by atoms with Gasteiger partial charge in [-0.15, -0.1) is 10.2 Å². The summed E-state index contributed by atoms with van der Waals surface area (Å²) >= 11 is 7.76. The number of hydrogen-bond donors (Lipinski definition) is 1. The van der Waals surface area contributed by atoms with Gasteiger partial charge in [0, 0.05) is 23.4 Å². The lowest BCUT2D eigenvalue weighted by Gasteiger charge is -2.12. The smallest absolute Gasteiger partial charge is 0.275 e. The van der Waals surface area contributed by atoms with Gasteiger partial charge < -0.3 is 4.57 Å². The van der Waals surface area contributed by atoms with Gasteiger partial charge in [0.2, 0.25) is 5.13 Å². The van der Waals surface area contributed by atoms with Gasteiger partial charge >= 0.3 is 0 Å².